The smallest absolute Gasteiger partial charge is 0.142 e. The van der Waals surface area contributed by atoms with Crippen molar-refractivity contribution in [3.63, 3.8) is 0 Å². The van der Waals surface area contributed by atoms with Gasteiger partial charge in [-0.3, -0.25) is 4.90 Å². The number of hydrogen-bond acceptors (Lipinski definition) is 3. The Hall–Kier alpha value is -1.52. The maximum Gasteiger partial charge on any atom is 0.142 e. The van der Waals surface area contributed by atoms with Gasteiger partial charge in [-0.05, 0) is 67.6 Å². The normalized spacial score (nSPS) is 25.8. The zero-order valence-corrected chi connectivity index (χ0v) is 19.1. The lowest BCUT2D eigenvalue weighted by Gasteiger charge is -2.42. The second-order valence-corrected chi connectivity index (χ2v) is 9.28. The van der Waals surface area contributed by atoms with Crippen molar-refractivity contribution in [1.82, 2.24) is 10.1 Å². The molecule has 0 aliphatic carbocycles. The number of aromatic nitrogens is 1. The minimum absolute atomic E-state index is 0. The van der Waals surface area contributed by atoms with Gasteiger partial charge in [0.25, 0.3) is 0 Å². The number of piperidine rings is 1. The van der Waals surface area contributed by atoms with Gasteiger partial charge in [0.05, 0.1) is 5.69 Å². The van der Waals surface area contributed by atoms with Gasteiger partial charge >= 0.3 is 0 Å². The Labute approximate surface area is 193 Å². The van der Waals surface area contributed by atoms with E-state index in [0.717, 1.165) is 34.3 Å². The largest absolute Gasteiger partial charge is 0.361 e. The third kappa shape index (κ3) is 4.13. The number of nitrogens with zero attached hydrogens (tertiary/aromatic N) is 2. The highest BCUT2D eigenvalue weighted by Gasteiger charge is 2.48. The molecule has 5 rings (SSSR count). The summed E-state index contributed by atoms with van der Waals surface area (Å²) in [5, 5.41) is 5.95. The van der Waals surface area contributed by atoms with Crippen molar-refractivity contribution in [2.24, 2.45) is 0 Å². The second kappa shape index (κ2) is 8.92. The van der Waals surface area contributed by atoms with Crippen molar-refractivity contribution in [3.05, 3.63) is 87.2 Å². The first kappa shape index (κ1) is 21.7. The topological polar surface area (TPSA) is 29.3 Å². The summed E-state index contributed by atoms with van der Waals surface area (Å²) in [6.07, 6.45) is 4.37. The minimum Gasteiger partial charge on any atom is -0.361 e. The molecule has 0 spiro atoms. The maximum atomic E-state index is 6.14. The molecule has 2 bridgehead atoms. The van der Waals surface area contributed by atoms with Crippen LogP contribution in [0.25, 0.3) is 0 Å². The highest BCUT2D eigenvalue weighted by Crippen LogP contribution is 2.51. The number of likely N-dealkylation sites (N-methyl/N-ethyl adjacent to an activating group) is 1. The van der Waals surface area contributed by atoms with E-state index >= 15 is 0 Å². The van der Waals surface area contributed by atoms with Crippen LogP contribution in [0.5, 0.6) is 0 Å². The molecule has 3 nitrogen and oxygen atoms in total. The molecule has 158 valence electrons. The van der Waals surface area contributed by atoms with E-state index < -0.39 is 0 Å². The average Bonchev–Trinajstić information content (AvgIpc) is 3.26. The van der Waals surface area contributed by atoms with E-state index in [-0.39, 0.29) is 12.4 Å². The van der Waals surface area contributed by atoms with Crippen LogP contribution in [0, 0.1) is 0 Å². The summed E-state index contributed by atoms with van der Waals surface area (Å²) in [5.41, 5.74) is 3.50. The van der Waals surface area contributed by atoms with E-state index in [9.17, 15) is 0 Å². The Balaban J connectivity index is 0.00000218. The molecule has 2 aliphatic heterocycles. The maximum absolute atomic E-state index is 6.14. The molecule has 6 heteroatoms. The number of rotatable bonds is 4. The molecular weight excluding hydrogens is 439 g/mol. The molecule has 0 saturated carbocycles. The summed E-state index contributed by atoms with van der Waals surface area (Å²) in [6.45, 7) is 0. The molecule has 2 aliphatic rings. The third-order valence-corrected chi connectivity index (χ3v) is 7.28. The quantitative estimate of drug-likeness (QED) is 0.429. The summed E-state index contributed by atoms with van der Waals surface area (Å²) in [7, 11) is 2.26. The van der Waals surface area contributed by atoms with Crippen LogP contribution in [0.3, 0.4) is 0 Å². The molecule has 4 atom stereocenters. The number of hydrogen-bond donors (Lipinski definition) is 0. The highest BCUT2D eigenvalue weighted by molar-refractivity contribution is 6.30. The molecule has 0 radical (unpaired) electrons. The predicted molar refractivity (Wildman–Crippen MR) is 124 cm³/mol. The Bertz CT molecular complexity index is 986. The molecule has 0 amide bonds. The van der Waals surface area contributed by atoms with E-state index in [4.69, 9.17) is 27.7 Å². The van der Waals surface area contributed by atoms with Crippen molar-refractivity contribution < 1.29 is 4.52 Å². The number of fused-ring (bicyclic) bond motifs is 2. The van der Waals surface area contributed by atoms with Crippen molar-refractivity contribution in [1.29, 1.82) is 0 Å². The summed E-state index contributed by atoms with van der Waals surface area (Å²) in [5.74, 6) is 1.75. The highest BCUT2D eigenvalue weighted by atomic mass is 35.5. The molecular formula is C24H25Cl3N2O. The van der Waals surface area contributed by atoms with Gasteiger partial charge in [0.1, 0.15) is 5.76 Å². The zero-order chi connectivity index (χ0) is 20.0. The lowest BCUT2D eigenvalue weighted by molar-refractivity contribution is 0.122. The van der Waals surface area contributed by atoms with Crippen molar-refractivity contribution >= 4 is 35.6 Å². The van der Waals surface area contributed by atoms with Gasteiger partial charge in [0.15, 0.2) is 0 Å². The Morgan fingerprint density at radius 2 is 1.67 bits per heavy atom. The SMILES string of the molecule is CN1C2CCC1[C@@H](c1cc(Cc3ccc(Cl)cc3)no1)[C@@H](c1ccc(Cl)cc1)C2.Cl. The first-order chi connectivity index (χ1) is 14.1. The van der Waals surface area contributed by atoms with Gasteiger partial charge in [-0.1, -0.05) is 52.6 Å². The van der Waals surface area contributed by atoms with Crippen LogP contribution < -0.4 is 0 Å². The van der Waals surface area contributed by atoms with Gasteiger partial charge in [-0.2, -0.15) is 0 Å². The monoisotopic (exact) mass is 462 g/mol. The van der Waals surface area contributed by atoms with Crippen LogP contribution in [0.2, 0.25) is 10.0 Å². The molecule has 2 unspecified atom stereocenters. The third-order valence-electron chi connectivity index (χ3n) is 6.77. The Morgan fingerprint density at radius 1 is 1.00 bits per heavy atom. The van der Waals surface area contributed by atoms with Crippen LogP contribution in [0.15, 0.2) is 59.1 Å². The fraction of sp³-hybridized carbons (Fsp3) is 0.375. The lowest BCUT2D eigenvalue weighted by atomic mass is 9.75. The van der Waals surface area contributed by atoms with E-state index in [1.54, 1.807) is 0 Å². The fourth-order valence-corrected chi connectivity index (χ4v) is 5.54. The summed E-state index contributed by atoms with van der Waals surface area (Å²) < 4.78 is 5.95. The minimum atomic E-state index is 0. The molecule has 3 heterocycles. The van der Waals surface area contributed by atoms with Crippen LogP contribution in [-0.4, -0.2) is 29.2 Å². The first-order valence-electron chi connectivity index (χ1n) is 10.3. The van der Waals surface area contributed by atoms with E-state index in [2.05, 4.69) is 35.3 Å². The molecule has 2 saturated heterocycles. The Kier molecular flexibility index (Phi) is 6.45. The summed E-state index contributed by atoms with van der Waals surface area (Å²) in [6, 6.07) is 19.6. The fourth-order valence-electron chi connectivity index (χ4n) is 5.29. The average molecular weight is 464 g/mol. The van der Waals surface area contributed by atoms with E-state index in [1.807, 2.05) is 36.4 Å². The first-order valence-corrected chi connectivity index (χ1v) is 11.0. The summed E-state index contributed by atoms with van der Waals surface area (Å²) >= 11 is 12.1. The van der Waals surface area contributed by atoms with Crippen molar-refractivity contribution in [2.75, 3.05) is 7.05 Å². The zero-order valence-electron chi connectivity index (χ0n) is 16.8. The summed E-state index contributed by atoms with van der Waals surface area (Å²) in [4.78, 5) is 2.55. The van der Waals surface area contributed by atoms with Crippen LogP contribution in [0.1, 0.15) is 53.7 Å². The van der Waals surface area contributed by atoms with Gasteiger partial charge < -0.3 is 4.52 Å². The van der Waals surface area contributed by atoms with Crippen molar-refractivity contribution in [3.8, 4) is 0 Å². The molecule has 30 heavy (non-hydrogen) atoms. The van der Waals surface area contributed by atoms with Crippen LogP contribution in [0.4, 0.5) is 0 Å². The predicted octanol–water partition coefficient (Wildman–Crippen LogP) is 6.73. The van der Waals surface area contributed by atoms with Gasteiger partial charge in [-0.15, -0.1) is 12.4 Å². The van der Waals surface area contributed by atoms with Crippen LogP contribution in [-0.2, 0) is 6.42 Å². The van der Waals surface area contributed by atoms with Crippen molar-refractivity contribution in [2.45, 2.75) is 49.6 Å². The lowest BCUT2D eigenvalue weighted by Crippen LogP contribution is -2.44. The second-order valence-electron chi connectivity index (χ2n) is 8.41. The number of benzene rings is 2. The molecule has 2 fully saturated rings. The van der Waals surface area contributed by atoms with E-state index in [1.165, 1.54) is 24.0 Å². The van der Waals surface area contributed by atoms with Gasteiger partial charge in [-0.25, -0.2) is 0 Å². The molecule has 3 aromatic rings. The molecule has 1 aromatic heterocycles. The number of halogens is 3. The van der Waals surface area contributed by atoms with Gasteiger partial charge in [0, 0.05) is 40.5 Å². The molecule has 0 N–H and O–H groups in total. The standard InChI is InChI=1S/C24H24Cl2N2O.ClH/c1-28-20-10-11-22(28)24(21(14-20)16-4-8-18(26)9-5-16)23-13-19(27-29-23)12-15-2-6-17(25)7-3-15;/h2-9,13,20-22,24H,10-12,14H2,1H3;1H/t20?,21-,22?,24+;/m1./s1. The Morgan fingerprint density at radius 3 is 2.37 bits per heavy atom. The van der Waals surface area contributed by atoms with Gasteiger partial charge in [0.2, 0.25) is 0 Å². The molecule has 2 aromatic carbocycles. The van der Waals surface area contributed by atoms with Crippen LogP contribution >= 0.6 is 35.6 Å². The van der Waals surface area contributed by atoms with E-state index in [0.29, 0.717) is 23.9 Å².